The number of ketones is 1. The van der Waals surface area contributed by atoms with Crippen LogP contribution < -0.4 is 61.5 Å². The minimum Gasteiger partial charge on any atom is -0.497 e. The SMILES string of the molecule is C=CC1C[C@]1(NC(=O)[C@@H]1C[C@@H](Oc2cc(-c3csc(NC(C)C)n3)nc3cc(OC)ccc23)CN1C(=O)[C@@H](NC(=O)NC(C(=O)C1CC1)C(C)C)C(C)(C)C)C(=O)O.C=CC1C[C@]1(NC(=O)[C@@H]1C[C@@H](Oc2cc(-c3csc(NC(C)C)n3)nc3cc(OC)ccc23)CN1C(=O)[C@@H](NC(=O)N[C@H](CN1C(=O)c2ccccc2C1=O)C(C)(C)C)C1CCCCC1)C(=O)O. The van der Waals surface area contributed by atoms with Crippen LogP contribution in [0.1, 0.15) is 174 Å². The highest BCUT2D eigenvalue weighted by molar-refractivity contribution is 7.14. The molecule has 14 rings (SSSR count). The van der Waals surface area contributed by atoms with Crippen molar-refractivity contribution >= 4 is 120 Å². The molecule has 3 aliphatic heterocycles. The fourth-order valence-corrected chi connectivity index (χ4v) is 18.7. The Morgan fingerprint density at radius 2 is 1.03 bits per heavy atom. The number of pyridine rings is 2. The minimum absolute atomic E-state index is 0.0104. The maximum atomic E-state index is 15.3. The standard InChI is InChI=1S/C50H60N8O9S.C42H55N7O8S/c1-8-29-23-50(29,46(63)64)56-42(59)38-21-31(67-39-22-36(37-26-68-48(53-37)51-27(2)3)52-35-20-30(66-7)18-19-34(35)39)24-57(38)45(62)41(28-14-10-9-11-15-28)55-47(65)54-40(49(4,5)6)25-58-43(60)32-16-12-13-17-33(32)44(58)61;1-10-24-18-42(24,38(53)54)48-36(51)31-16-26(19-49(31)37(52)35(41(6,7)8)47-39(55)46-33(21(2)3)34(50)23-11-12-23)57-32-17-29(30-20-58-40(45-30)43-22(4)5)44-28-15-25(56-9)13-14-27(28)32/h8,12-13,16-20,22,26-29,31,38,40-41H,1,9-11,14-15,21,23-25H2,2-7H3,(H,51,53)(H,56,59)(H,63,64)(H2,54,55,65);10,13-15,17,20-24,26,31,33,35H,1,11-12,16,18-19H2,2-9H3,(H,43,45)(H,48,51)(H,53,54)(H2,46,47,55)/t29?,31-,38+,40-,41+,50-;24?,26-,31+,33?,35-,42-/m11/s1. The summed E-state index contributed by atoms with van der Waals surface area (Å²) in [6, 6.07) is 14.0. The molecule has 4 aromatic heterocycles. The predicted molar refractivity (Wildman–Crippen MR) is 477 cm³/mol. The van der Waals surface area contributed by atoms with Crippen molar-refractivity contribution in [3.8, 4) is 45.8 Å². The van der Waals surface area contributed by atoms with Gasteiger partial charge < -0.3 is 81.5 Å². The van der Waals surface area contributed by atoms with Gasteiger partial charge in [-0.25, -0.2) is 39.1 Å². The topological polar surface area (TPSA) is 423 Å². The van der Waals surface area contributed by atoms with Gasteiger partial charge in [0.25, 0.3) is 11.8 Å². The van der Waals surface area contributed by atoms with Crippen LogP contribution in [0, 0.1) is 40.4 Å². The number of hydrogen-bond acceptors (Lipinski definition) is 23. The number of anilines is 2. The van der Waals surface area contributed by atoms with Gasteiger partial charge in [-0.3, -0.25) is 38.5 Å². The number of aromatic nitrogens is 4. The van der Waals surface area contributed by atoms with Gasteiger partial charge >= 0.3 is 24.0 Å². The van der Waals surface area contributed by atoms with Crippen LogP contribution in [0.2, 0.25) is 0 Å². The van der Waals surface area contributed by atoms with E-state index in [-0.39, 0.29) is 80.9 Å². The monoisotopic (exact) mass is 1770 g/mol. The van der Waals surface area contributed by atoms with E-state index in [1.807, 2.05) is 85.2 Å². The highest BCUT2D eigenvalue weighted by Gasteiger charge is 2.63. The van der Waals surface area contributed by atoms with E-state index in [2.05, 4.69) is 55.7 Å². The van der Waals surface area contributed by atoms with E-state index >= 15 is 4.79 Å². The highest BCUT2D eigenvalue weighted by Crippen LogP contribution is 2.48. The van der Waals surface area contributed by atoms with E-state index < -0.39 is 142 Å². The predicted octanol–water partition coefficient (Wildman–Crippen LogP) is 12.0. The Labute approximate surface area is 740 Å². The van der Waals surface area contributed by atoms with Crippen molar-refractivity contribution < 1.29 is 81.9 Å². The van der Waals surface area contributed by atoms with Gasteiger partial charge in [0.1, 0.15) is 81.8 Å². The summed E-state index contributed by atoms with van der Waals surface area (Å²) < 4.78 is 24.5. The van der Waals surface area contributed by atoms with Gasteiger partial charge in [-0.2, -0.15) is 0 Å². The Hall–Kier alpha value is -11.8. The number of rotatable bonds is 32. The summed E-state index contributed by atoms with van der Waals surface area (Å²) in [6.45, 7) is 30.1. The molecule has 4 saturated carbocycles. The number of benzene rings is 3. The Morgan fingerprint density at radius 3 is 1.44 bits per heavy atom. The molecule has 3 unspecified atom stereocenters. The van der Waals surface area contributed by atoms with E-state index in [1.54, 1.807) is 95.7 Å². The number of hydrogen-bond donors (Lipinski definition) is 10. The molecule has 3 aromatic carbocycles. The molecule has 2 saturated heterocycles. The Kier molecular flexibility index (Phi) is 27.3. The molecule has 4 aliphatic carbocycles. The number of nitrogens with zero attached hydrogens (tertiary/aromatic N) is 7. The molecule has 672 valence electrons. The lowest BCUT2D eigenvalue weighted by atomic mass is 9.83. The molecule has 10 N–H and O–H groups in total. The summed E-state index contributed by atoms with van der Waals surface area (Å²) in [5, 5.41) is 50.7. The molecule has 10 amide bonds. The summed E-state index contributed by atoms with van der Waals surface area (Å²) in [6.07, 6.45) is 7.35. The lowest BCUT2D eigenvalue weighted by Crippen LogP contribution is -2.61. The molecule has 126 heavy (non-hydrogen) atoms. The van der Waals surface area contributed by atoms with Crippen molar-refractivity contribution in [1.82, 2.24) is 66.5 Å². The van der Waals surface area contributed by atoms with E-state index in [1.165, 1.54) is 44.6 Å². The van der Waals surface area contributed by atoms with Crippen LogP contribution in [-0.4, -0.2) is 216 Å². The van der Waals surface area contributed by atoms with Gasteiger partial charge in [-0.05, 0) is 125 Å². The maximum Gasteiger partial charge on any atom is 0.330 e. The van der Waals surface area contributed by atoms with Crippen LogP contribution in [-0.2, 0) is 33.6 Å². The number of methoxy groups -OCH3 is 2. The first kappa shape index (κ1) is 91.9. The third-order valence-corrected chi connectivity index (χ3v) is 26.1. The number of aliphatic carboxylic acids is 2. The number of fused-ring (bicyclic) bond motifs is 3. The van der Waals surface area contributed by atoms with Crippen LogP contribution in [0.5, 0.6) is 23.0 Å². The second-order valence-corrected chi connectivity index (χ2v) is 38.7. The highest BCUT2D eigenvalue weighted by atomic mass is 32.1. The number of urea groups is 2. The molecule has 6 fully saturated rings. The number of carboxylic acid groups (broad SMARTS) is 2. The summed E-state index contributed by atoms with van der Waals surface area (Å²) in [4.78, 5) is 175. The number of carbonyl (C=O) groups is 11. The first-order valence-corrected chi connectivity index (χ1v) is 44.9. The van der Waals surface area contributed by atoms with Crippen molar-refractivity contribution in [2.24, 2.45) is 40.4 Å². The zero-order valence-electron chi connectivity index (χ0n) is 73.7. The molecule has 7 aliphatic rings. The van der Waals surface area contributed by atoms with Gasteiger partial charge in [-0.1, -0.05) is 98.9 Å². The number of likely N-dealkylation sites (tertiary alicyclic amines) is 2. The number of carboxylic acids is 2. The number of carbonyl (C=O) groups excluding carboxylic acids is 9. The van der Waals surface area contributed by atoms with Crippen molar-refractivity contribution in [2.75, 3.05) is 44.5 Å². The summed E-state index contributed by atoms with van der Waals surface area (Å²) in [7, 11) is 3.13. The van der Waals surface area contributed by atoms with Gasteiger partial charge in [0.15, 0.2) is 16.0 Å². The van der Waals surface area contributed by atoms with Gasteiger partial charge in [0.05, 0.1) is 79.5 Å². The van der Waals surface area contributed by atoms with Crippen LogP contribution in [0.3, 0.4) is 0 Å². The van der Waals surface area contributed by atoms with Crippen LogP contribution in [0.15, 0.2) is 109 Å². The van der Waals surface area contributed by atoms with Gasteiger partial charge in [0, 0.05) is 88.5 Å². The molecule has 0 spiro atoms. The second-order valence-electron chi connectivity index (χ2n) is 37.0. The first-order chi connectivity index (χ1) is 59.7. The smallest absolute Gasteiger partial charge is 0.330 e. The number of thiazole rings is 2. The molecule has 0 radical (unpaired) electrons. The Bertz CT molecular complexity index is 5340. The molecule has 7 heterocycles. The van der Waals surface area contributed by atoms with E-state index in [0.717, 1.165) is 47.3 Å². The van der Waals surface area contributed by atoms with Crippen molar-refractivity contribution in [2.45, 2.75) is 225 Å². The molecule has 34 heteroatoms. The number of ether oxygens (including phenoxy) is 4. The van der Waals surface area contributed by atoms with Crippen molar-refractivity contribution in [3.63, 3.8) is 0 Å². The number of Topliss-reactive ketones (excluding diaryl/α,β-unsaturated/α-hetero) is 1. The molecule has 12 atom stereocenters. The molecule has 0 bridgehead atoms. The van der Waals surface area contributed by atoms with E-state index in [0.29, 0.717) is 91.5 Å². The minimum atomic E-state index is -1.57. The third-order valence-electron chi connectivity index (χ3n) is 24.5. The fourth-order valence-electron chi connectivity index (χ4n) is 17.0. The van der Waals surface area contributed by atoms with Crippen molar-refractivity contribution in [3.05, 3.63) is 120 Å². The lowest BCUT2D eigenvalue weighted by molar-refractivity contribution is -0.146. The maximum absolute atomic E-state index is 15.3. The zero-order chi connectivity index (χ0) is 90.9. The van der Waals surface area contributed by atoms with E-state index in [4.69, 9.17) is 38.9 Å². The summed E-state index contributed by atoms with van der Waals surface area (Å²) >= 11 is 2.89. The third kappa shape index (κ3) is 20.2. The van der Waals surface area contributed by atoms with Crippen LogP contribution in [0.4, 0.5) is 19.9 Å². The zero-order valence-corrected chi connectivity index (χ0v) is 75.3. The van der Waals surface area contributed by atoms with Crippen LogP contribution >= 0.6 is 22.7 Å². The average Bonchev–Trinajstić information content (AvgIpc) is 1.62. The number of nitrogens with one attached hydrogen (secondary N) is 8. The van der Waals surface area contributed by atoms with E-state index in [9.17, 15) is 58.2 Å². The summed E-state index contributed by atoms with van der Waals surface area (Å²) in [5.74, 6) is -5.18. The van der Waals surface area contributed by atoms with Gasteiger partial charge in [-0.15, -0.1) is 35.8 Å². The number of amides is 10. The first-order valence-electron chi connectivity index (χ1n) is 43.1. The molecule has 7 aromatic rings. The Morgan fingerprint density at radius 1 is 0.571 bits per heavy atom. The normalized spacial score (nSPS) is 22.5. The molecular formula is C92H115N15O17S2. The lowest BCUT2D eigenvalue weighted by Gasteiger charge is -2.37. The van der Waals surface area contributed by atoms with Crippen molar-refractivity contribution in [1.29, 1.82) is 0 Å². The quantitative estimate of drug-likeness (QED) is 0.0138. The fraction of sp³-hybridized carbons (Fsp3) is 0.511. The van der Waals surface area contributed by atoms with Gasteiger partial charge in [0.2, 0.25) is 23.6 Å². The molecule has 32 nitrogen and oxygen atoms in total. The average molecular weight is 1770 g/mol. The number of imide groups is 1. The Balaban J connectivity index is 0.000000219. The molecular weight excluding hydrogens is 1650 g/mol. The largest absolute Gasteiger partial charge is 0.497 e. The summed E-state index contributed by atoms with van der Waals surface area (Å²) in [5.41, 5.74) is -0.539. The van der Waals surface area contributed by atoms with Crippen LogP contribution in [0.25, 0.3) is 44.6 Å². The second kappa shape index (κ2) is 37.4.